The highest BCUT2D eigenvalue weighted by atomic mass is 14.5. The number of nitrogens with two attached hydrogens (primary N) is 2. The molecule has 0 bridgehead atoms. The summed E-state index contributed by atoms with van der Waals surface area (Å²) in [5.74, 6) is 1.64. The minimum absolute atomic E-state index is 0.0587. The van der Waals surface area contributed by atoms with E-state index in [1.54, 1.807) is 0 Å². The topological polar surface area (TPSA) is 52.0 Å². The lowest BCUT2D eigenvalue weighted by atomic mass is 9.62. The van der Waals surface area contributed by atoms with Crippen molar-refractivity contribution in [3.8, 4) is 0 Å². The summed E-state index contributed by atoms with van der Waals surface area (Å²) in [5, 5.41) is 0. The van der Waals surface area contributed by atoms with E-state index in [0.29, 0.717) is 11.8 Å². The first kappa shape index (κ1) is 47.5. The number of unbranched alkanes of at least 4 members (excludes halogenated alkanes) is 18. The quantitative estimate of drug-likeness (QED) is 0.0424. The molecule has 0 spiro atoms. The van der Waals surface area contributed by atoms with Gasteiger partial charge in [-0.05, 0) is 102 Å². The zero-order valence-corrected chi connectivity index (χ0v) is 38.7. The molecule has 1 fully saturated rings. The lowest BCUT2D eigenvalue weighted by molar-refractivity contribution is 0.260. The second kappa shape index (κ2) is 26.7. The van der Waals surface area contributed by atoms with Crippen LogP contribution in [-0.2, 0) is 5.41 Å². The van der Waals surface area contributed by atoms with Gasteiger partial charge in [-0.15, -0.1) is 0 Å². The van der Waals surface area contributed by atoms with E-state index >= 15 is 0 Å². The minimum Gasteiger partial charge on any atom is -0.399 e. The van der Waals surface area contributed by atoms with E-state index in [4.69, 9.17) is 11.5 Å². The van der Waals surface area contributed by atoms with E-state index < -0.39 is 0 Å². The summed E-state index contributed by atoms with van der Waals surface area (Å²) >= 11 is 0. The van der Waals surface area contributed by atoms with Gasteiger partial charge >= 0.3 is 0 Å². The maximum Gasteiger partial charge on any atom is 0.0314 e. The van der Waals surface area contributed by atoms with Gasteiger partial charge in [0.15, 0.2) is 0 Å². The van der Waals surface area contributed by atoms with Crippen LogP contribution in [0.5, 0.6) is 0 Å². The van der Waals surface area contributed by atoms with Crippen molar-refractivity contribution in [3.63, 3.8) is 0 Å². The van der Waals surface area contributed by atoms with Crippen LogP contribution >= 0.6 is 0 Å². The van der Waals surface area contributed by atoms with E-state index in [1.807, 2.05) is 0 Å². The van der Waals surface area contributed by atoms with Gasteiger partial charge < -0.3 is 11.5 Å². The van der Waals surface area contributed by atoms with Crippen LogP contribution in [0.15, 0.2) is 97.1 Å². The highest BCUT2D eigenvalue weighted by Gasteiger charge is 2.38. The molecule has 0 saturated heterocycles. The third kappa shape index (κ3) is 14.8. The van der Waals surface area contributed by atoms with Gasteiger partial charge in [-0.2, -0.15) is 0 Å². The third-order valence-corrected chi connectivity index (χ3v) is 14.6. The molecule has 1 aliphatic carbocycles. The molecular weight excluding hydrogens is 725 g/mol. The fourth-order valence-electron chi connectivity index (χ4n) is 10.6. The van der Waals surface area contributed by atoms with Crippen molar-refractivity contribution in [2.45, 2.75) is 211 Å². The van der Waals surface area contributed by atoms with Crippen molar-refractivity contribution in [3.05, 3.63) is 130 Å². The maximum atomic E-state index is 6.18. The number of benzene rings is 4. The van der Waals surface area contributed by atoms with Gasteiger partial charge in [-0.1, -0.05) is 228 Å². The lowest BCUT2D eigenvalue weighted by Crippen LogP contribution is -2.33. The lowest BCUT2D eigenvalue weighted by Gasteiger charge is -2.41. The third-order valence-electron chi connectivity index (χ3n) is 14.6. The predicted octanol–water partition coefficient (Wildman–Crippen LogP) is 17.6. The fourth-order valence-corrected chi connectivity index (χ4v) is 10.6. The minimum atomic E-state index is 0.0587. The summed E-state index contributed by atoms with van der Waals surface area (Å²) in [5.41, 5.74) is 22.8. The van der Waals surface area contributed by atoms with E-state index in [-0.39, 0.29) is 5.41 Å². The summed E-state index contributed by atoms with van der Waals surface area (Å²) in [6.45, 7) is 7.00. The molecule has 0 radical (unpaired) electrons. The summed E-state index contributed by atoms with van der Waals surface area (Å²) in [6.07, 6.45) is 36.2. The maximum absolute atomic E-state index is 6.18. The van der Waals surface area contributed by atoms with Crippen LogP contribution in [0.2, 0.25) is 0 Å². The molecule has 0 aromatic heterocycles. The first-order chi connectivity index (χ1) is 29.5. The molecule has 4 aromatic carbocycles. The average molecular weight is 811 g/mol. The van der Waals surface area contributed by atoms with Gasteiger partial charge in [0.05, 0.1) is 0 Å². The van der Waals surface area contributed by atoms with Crippen LogP contribution in [0.1, 0.15) is 239 Å². The molecule has 60 heavy (non-hydrogen) atoms. The van der Waals surface area contributed by atoms with Crippen molar-refractivity contribution in [1.82, 2.24) is 0 Å². The first-order valence-corrected chi connectivity index (χ1v) is 25.4. The second-order valence-electron chi connectivity index (χ2n) is 19.1. The molecule has 1 saturated carbocycles. The molecule has 2 nitrogen and oxygen atoms in total. The predicted molar refractivity (Wildman–Crippen MR) is 264 cm³/mol. The van der Waals surface area contributed by atoms with Gasteiger partial charge in [0, 0.05) is 28.6 Å². The van der Waals surface area contributed by atoms with Crippen LogP contribution in [0.4, 0.5) is 11.4 Å². The molecule has 2 heteroatoms. The molecule has 2 atom stereocenters. The Labute approximate surface area is 369 Å². The Morgan fingerprint density at radius 1 is 0.400 bits per heavy atom. The summed E-state index contributed by atoms with van der Waals surface area (Å²) in [6, 6.07) is 37.5. The number of anilines is 2. The highest BCUT2D eigenvalue weighted by molar-refractivity contribution is 5.47. The Hall–Kier alpha value is -3.52. The molecular formula is C58H86N2. The largest absolute Gasteiger partial charge is 0.399 e. The van der Waals surface area contributed by atoms with Crippen molar-refractivity contribution < 1.29 is 0 Å². The molecule has 0 amide bonds. The molecule has 2 unspecified atom stereocenters. The summed E-state index contributed by atoms with van der Waals surface area (Å²) in [4.78, 5) is 0. The molecule has 0 heterocycles. The number of hydrogen-bond donors (Lipinski definition) is 2. The van der Waals surface area contributed by atoms with Crippen molar-refractivity contribution in [2.75, 3.05) is 11.5 Å². The van der Waals surface area contributed by atoms with Crippen molar-refractivity contribution in [1.29, 1.82) is 0 Å². The Morgan fingerprint density at radius 2 is 0.683 bits per heavy atom. The molecule has 328 valence electrons. The second-order valence-corrected chi connectivity index (χ2v) is 19.1. The standard InChI is InChI=1S/C58H86N2/c1-4-7-9-11-13-15-17-19-21-23-25-56(50-31-39-54(59)40-32-50)48-27-35-52(36-28-48)58(45-43-47(6-3)44-46-58)53-37-29-49(30-38-53)57(51-33-41-55(60)42-34-51)26-24-22-20-18-16-14-12-10-8-5-2/h27-42,47,56-57H,4-26,43-46,59-60H2,1-3H3. The highest BCUT2D eigenvalue weighted by Crippen LogP contribution is 2.48. The van der Waals surface area contributed by atoms with Crippen LogP contribution < -0.4 is 11.5 Å². The van der Waals surface area contributed by atoms with Crippen molar-refractivity contribution >= 4 is 11.4 Å². The average Bonchev–Trinajstić information content (AvgIpc) is 3.28. The Balaban J connectivity index is 1.29. The van der Waals surface area contributed by atoms with Gasteiger partial charge in [-0.3, -0.25) is 0 Å². The molecule has 0 aliphatic heterocycles. The summed E-state index contributed by atoms with van der Waals surface area (Å²) < 4.78 is 0. The Morgan fingerprint density at radius 3 is 0.983 bits per heavy atom. The molecule has 4 aromatic rings. The van der Waals surface area contributed by atoms with Gasteiger partial charge in [-0.25, -0.2) is 0 Å². The first-order valence-electron chi connectivity index (χ1n) is 25.4. The van der Waals surface area contributed by atoms with Crippen LogP contribution in [0, 0.1) is 5.92 Å². The number of nitrogen functional groups attached to an aromatic ring is 2. The Kier molecular flexibility index (Phi) is 21.2. The Bertz CT molecular complexity index is 1560. The van der Waals surface area contributed by atoms with E-state index in [0.717, 1.165) is 17.3 Å². The molecule has 1 aliphatic rings. The zero-order chi connectivity index (χ0) is 42.3. The van der Waals surface area contributed by atoms with E-state index in [9.17, 15) is 0 Å². The van der Waals surface area contributed by atoms with Crippen LogP contribution in [0.3, 0.4) is 0 Å². The van der Waals surface area contributed by atoms with Gasteiger partial charge in [0.2, 0.25) is 0 Å². The van der Waals surface area contributed by atoms with E-state index in [1.165, 1.54) is 207 Å². The zero-order valence-electron chi connectivity index (χ0n) is 38.7. The molecule has 4 N–H and O–H groups in total. The van der Waals surface area contributed by atoms with E-state index in [2.05, 4.69) is 118 Å². The van der Waals surface area contributed by atoms with Crippen LogP contribution in [-0.4, -0.2) is 0 Å². The fraction of sp³-hybridized carbons (Fsp3) is 0.586. The van der Waals surface area contributed by atoms with Gasteiger partial charge in [0.25, 0.3) is 0 Å². The van der Waals surface area contributed by atoms with Gasteiger partial charge in [0.1, 0.15) is 0 Å². The van der Waals surface area contributed by atoms with Crippen molar-refractivity contribution in [2.24, 2.45) is 5.92 Å². The monoisotopic (exact) mass is 811 g/mol. The molecule has 5 rings (SSSR count). The van der Waals surface area contributed by atoms with Crippen LogP contribution in [0.25, 0.3) is 0 Å². The summed E-state index contributed by atoms with van der Waals surface area (Å²) in [7, 11) is 0. The number of rotatable bonds is 29. The SMILES string of the molecule is CCCCCCCCCCCCC(c1ccc(N)cc1)c1ccc(C2(c3ccc(C(CCCCCCCCCCCC)c4ccc(N)cc4)cc3)CCC(CC)CC2)cc1. The smallest absolute Gasteiger partial charge is 0.0314 e. The normalized spacial score (nSPS) is 17.8. The number of hydrogen-bond acceptors (Lipinski definition) is 2.